The van der Waals surface area contributed by atoms with Crippen molar-refractivity contribution in [3.8, 4) is 0 Å². The van der Waals surface area contributed by atoms with Crippen LogP contribution in [0.3, 0.4) is 0 Å². The highest BCUT2D eigenvalue weighted by atomic mass is 32.1. The van der Waals surface area contributed by atoms with Crippen LogP contribution < -0.4 is 0 Å². The second kappa shape index (κ2) is 6.31. The molecule has 0 saturated heterocycles. The molecule has 1 aromatic carbocycles. The van der Waals surface area contributed by atoms with E-state index in [0.717, 1.165) is 25.3 Å². The Hall–Kier alpha value is -0.470. The lowest BCUT2D eigenvalue weighted by Crippen LogP contribution is -2.23. The van der Waals surface area contributed by atoms with Gasteiger partial charge in [0.15, 0.2) is 0 Å². The zero-order valence-corrected chi connectivity index (χ0v) is 11.8. The molecule has 0 spiro atoms. The summed E-state index contributed by atoms with van der Waals surface area (Å²) in [5.74, 6) is 0.933. The van der Waals surface area contributed by atoms with Crippen LogP contribution in [0.1, 0.15) is 22.3 Å². The number of hydrogen-bond acceptors (Lipinski definition) is 2. The molecule has 0 N–H and O–H groups in total. The van der Waals surface area contributed by atoms with E-state index in [9.17, 15) is 0 Å². The van der Waals surface area contributed by atoms with Crippen molar-refractivity contribution in [1.29, 1.82) is 0 Å². The maximum absolute atomic E-state index is 4.25. The summed E-state index contributed by atoms with van der Waals surface area (Å²) in [4.78, 5) is 2.33. The Kier molecular flexibility index (Phi) is 5.36. The fraction of sp³-hybridized carbons (Fsp3) is 0.571. The molecule has 1 nitrogen and oxygen atoms in total. The number of aryl methyl sites for hydroxylation is 1. The molecule has 0 aliphatic carbocycles. The molecule has 16 heavy (non-hydrogen) atoms. The number of thiol groups is 1. The van der Waals surface area contributed by atoms with E-state index in [2.05, 4.69) is 57.5 Å². The molecule has 0 unspecified atom stereocenters. The van der Waals surface area contributed by atoms with E-state index >= 15 is 0 Å². The van der Waals surface area contributed by atoms with E-state index in [1.165, 1.54) is 22.3 Å². The van der Waals surface area contributed by atoms with Crippen LogP contribution in [0.5, 0.6) is 0 Å². The number of rotatable bonds is 5. The van der Waals surface area contributed by atoms with Crippen LogP contribution in [0.2, 0.25) is 0 Å². The lowest BCUT2D eigenvalue weighted by Gasteiger charge is -2.17. The maximum atomic E-state index is 4.25. The fourth-order valence-electron chi connectivity index (χ4n) is 1.88. The van der Waals surface area contributed by atoms with Crippen molar-refractivity contribution < 1.29 is 0 Å². The molecule has 0 aliphatic rings. The normalized spacial score (nSPS) is 11.1. The monoisotopic (exact) mass is 237 g/mol. The van der Waals surface area contributed by atoms with Gasteiger partial charge in [0.2, 0.25) is 0 Å². The van der Waals surface area contributed by atoms with Gasteiger partial charge in [0.1, 0.15) is 0 Å². The third kappa shape index (κ3) is 3.53. The molecule has 0 aliphatic heterocycles. The van der Waals surface area contributed by atoms with Crippen molar-refractivity contribution in [3.05, 3.63) is 34.4 Å². The van der Waals surface area contributed by atoms with Crippen molar-refractivity contribution in [2.45, 2.75) is 27.2 Å². The van der Waals surface area contributed by atoms with Crippen LogP contribution in [0.15, 0.2) is 12.1 Å². The lowest BCUT2D eigenvalue weighted by molar-refractivity contribution is 0.360. The predicted molar refractivity (Wildman–Crippen MR) is 75.7 cm³/mol. The highest BCUT2D eigenvalue weighted by molar-refractivity contribution is 7.80. The first kappa shape index (κ1) is 13.6. The van der Waals surface area contributed by atoms with E-state index in [1.807, 2.05) is 0 Å². The first-order valence-corrected chi connectivity index (χ1v) is 6.54. The minimum Gasteiger partial charge on any atom is -0.305 e. The predicted octanol–water partition coefficient (Wildman–Crippen LogP) is 3.02. The highest BCUT2D eigenvalue weighted by Gasteiger charge is 2.04. The van der Waals surface area contributed by atoms with Gasteiger partial charge in [-0.3, -0.25) is 0 Å². The molecule has 1 aromatic rings. The number of nitrogens with zero attached hydrogens (tertiary/aromatic N) is 1. The molecule has 1 rings (SSSR count). The second-order valence-electron chi connectivity index (χ2n) is 4.57. The summed E-state index contributed by atoms with van der Waals surface area (Å²) in [6.07, 6.45) is 1.14. The third-order valence-corrected chi connectivity index (χ3v) is 3.61. The van der Waals surface area contributed by atoms with E-state index < -0.39 is 0 Å². The largest absolute Gasteiger partial charge is 0.305 e. The molecule has 0 saturated carbocycles. The Morgan fingerprint density at radius 1 is 1.06 bits per heavy atom. The lowest BCUT2D eigenvalue weighted by atomic mass is 9.97. The van der Waals surface area contributed by atoms with Crippen LogP contribution in [-0.2, 0) is 6.42 Å². The number of hydrogen-bond donors (Lipinski definition) is 1. The van der Waals surface area contributed by atoms with Crippen LogP contribution in [0.4, 0.5) is 0 Å². The summed E-state index contributed by atoms with van der Waals surface area (Å²) in [5, 5.41) is 0. The molecule has 90 valence electrons. The van der Waals surface area contributed by atoms with Crippen LogP contribution in [-0.4, -0.2) is 30.8 Å². The van der Waals surface area contributed by atoms with Crippen LogP contribution in [0.25, 0.3) is 0 Å². The zero-order chi connectivity index (χ0) is 12.1. The van der Waals surface area contributed by atoms with Crippen molar-refractivity contribution in [2.24, 2.45) is 0 Å². The first-order chi connectivity index (χ1) is 7.56. The molecular formula is C14H23NS. The Bertz CT molecular complexity index is 347. The summed E-state index contributed by atoms with van der Waals surface area (Å²) in [6.45, 7) is 8.80. The minimum absolute atomic E-state index is 0.933. The van der Waals surface area contributed by atoms with Gasteiger partial charge in [-0.1, -0.05) is 12.1 Å². The van der Waals surface area contributed by atoms with Crippen molar-refractivity contribution in [3.63, 3.8) is 0 Å². The van der Waals surface area contributed by atoms with Crippen molar-refractivity contribution >= 4 is 12.6 Å². The van der Waals surface area contributed by atoms with Crippen molar-refractivity contribution in [2.75, 3.05) is 25.9 Å². The molecule has 2 heteroatoms. The maximum Gasteiger partial charge on any atom is 0.00669 e. The Labute approximate surface area is 105 Å². The standard InChI is InChI=1S/C14H23NS/c1-11-5-6-14(13(3)12(11)2)7-8-15(4)9-10-16/h5-6,16H,7-10H2,1-4H3. The molecule has 0 fully saturated rings. The summed E-state index contributed by atoms with van der Waals surface area (Å²) in [6, 6.07) is 4.50. The molecule has 0 atom stereocenters. The van der Waals surface area contributed by atoms with E-state index in [4.69, 9.17) is 0 Å². The van der Waals surface area contributed by atoms with Crippen LogP contribution in [0, 0.1) is 20.8 Å². The Morgan fingerprint density at radius 3 is 2.38 bits per heavy atom. The number of benzene rings is 1. The average Bonchev–Trinajstić information content (AvgIpc) is 2.25. The average molecular weight is 237 g/mol. The quantitative estimate of drug-likeness (QED) is 0.771. The van der Waals surface area contributed by atoms with Gasteiger partial charge in [-0.25, -0.2) is 0 Å². The van der Waals surface area contributed by atoms with Gasteiger partial charge in [-0.2, -0.15) is 12.6 Å². The van der Waals surface area contributed by atoms with Gasteiger partial charge in [0, 0.05) is 18.8 Å². The Balaban J connectivity index is 2.64. The number of likely N-dealkylation sites (N-methyl/N-ethyl adjacent to an activating group) is 1. The minimum atomic E-state index is 0.933. The van der Waals surface area contributed by atoms with Gasteiger partial charge in [0.25, 0.3) is 0 Å². The van der Waals surface area contributed by atoms with E-state index in [1.54, 1.807) is 0 Å². The van der Waals surface area contributed by atoms with Gasteiger partial charge in [0.05, 0.1) is 0 Å². The second-order valence-corrected chi connectivity index (χ2v) is 5.02. The Morgan fingerprint density at radius 2 is 1.75 bits per heavy atom. The molecule has 0 aromatic heterocycles. The summed E-state index contributed by atoms with van der Waals surface area (Å²) in [5.41, 5.74) is 5.77. The van der Waals surface area contributed by atoms with Gasteiger partial charge >= 0.3 is 0 Å². The highest BCUT2D eigenvalue weighted by Crippen LogP contribution is 2.17. The summed E-state index contributed by atoms with van der Waals surface area (Å²) < 4.78 is 0. The zero-order valence-electron chi connectivity index (χ0n) is 10.9. The van der Waals surface area contributed by atoms with Gasteiger partial charge in [-0.05, 0) is 56.5 Å². The summed E-state index contributed by atoms with van der Waals surface area (Å²) in [7, 11) is 2.16. The summed E-state index contributed by atoms with van der Waals surface area (Å²) >= 11 is 4.25. The van der Waals surface area contributed by atoms with E-state index in [-0.39, 0.29) is 0 Å². The topological polar surface area (TPSA) is 3.24 Å². The fourth-order valence-corrected chi connectivity index (χ4v) is 2.22. The molecule has 0 bridgehead atoms. The molecule has 0 amide bonds. The molecular weight excluding hydrogens is 214 g/mol. The van der Waals surface area contributed by atoms with Crippen molar-refractivity contribution in [1.82, 2.24) is 4.90 Å². The molecule has 0 heterocycles. The van der Waals surface area contributed by atoms with Crippen LogP contribution >= 0.6 is 12.6 Å². The smallest absolute Gasteiger partial charge is 0.00669 e. The molecule has 0 radical (unpaired) electrons. The SMILES string of the molecule is Cc1ccc(CCN(C)CCS)c(C)c1C. The first-order valence-electron chi connectivity index (χ1n) is 5.91. The van der Waals surface area contributed by atoms with E-state index in [0.29, 0.717) is 0 Å². The van der Waals surface area contributed by atoms with Gasteiger partial charge in [-0.15, -0.1) is 0 Å². The van der Waals surface area contributed by atoms with Gasteiger partial charge < -0.3 is 4.90 Å². The third-order valence-electron chi connectivity index (χ3n) is 3.41.